The number of benzene rings is 1. The van der Waals surface area contributed by atoms with E-state index >= 15 is 0 Å². The highest BCUT2D eigenvalue weighted by molar-refractivity contribution is 6.00. The fourth-order valence-electron chi connectivity index (χ4n) is 3.93. The molecule has 1 saturated heterocycles. The average molecular weight is 518 g/mol. The van der Waals surface area contributed by atoms with Crippen LogP contribution in [0.5, 0.6) is 5.75 Å². The number of nitrogens with zero attached hydrogens (tertiary/aromatic N) is 2. The number of carboxylic acid groups (broad SMARTS) is 1. The molecular formula is C27H41N4O6-. The number of hydrogen-bond donors (Lipinski definition) is 3. The Morgan fingerprint density at radius 3 is 2.30 bits per heavy atom. The van der Waals surface area contributed by atoms with Crippen molar-refractivity contribution < 1.29 is 29.0 Å². The third-order valence-corrected chi connectivity index (χ3v) is 6.06. The number of carbonyl (C=O) groups is 3. The van der Waals surface area contributed by atoms with Gasteiger partial charge < -0.3 is 35.5 Å². The minimum Gasteiger partial charge on any atom is -0.494 e. The normalized spacial score (nSPS) is 15.1. The molecule has 3 amide bonds. The number of nitrogens with one attached hydrogen (secondary N) is 2. The lowest BCUT2D eigenvalue weighted by atomic mass is 9.92. The molecule has 0 saturated carbocycles. The van der Waals surface area contributed by atoms with E-state index in [4.69, 9.17) is 9.47 Å². The van der Waals surface area contributed by atoms with Crippen LogP contribution in [-0.4, -0.2) is 65.3 Å². The number of piperidine rings is 1. The van der Waals surface area contributed by atoms with Gasteiger partial charge in [0.2, 0.25) is 6.03 Å². The molecule has 1 heterocycles. The quantitative estimate of drug-likeness (QED) is 0.239. The largest absolute Gasteiger partial charge is 0.494 e. The number of urea groups is 1. The molecule has 2 rings (SSSR count). The number of rotatable bonds is 10. The van der Waals surface area contributed by atoms with Gasteiger partial charge in [0, 0.05) is 19.5 Å². The smallest absolute Gasteiger partial charge is 0.408 e. The molecule has 1 atom stereocenters. The fraction of sp³-hybridized carbons (Fsp3) is 0.630. The molecule has 3 N–H and O–H groups in total. The standard InChI is InChI=1S/C27H41N4O6/c1-18(2)23(28)30-25(34)31-14-12-19(13-15-31)7-6-16-36-21-10-8-20(9-11-21)17-22(24(32)33)29-26(35)37-27(3,4)5/h8-11,18-19,22H,6-7,12-17H2,1-5H3,(H3-,28,29,30,32,33,34,35)/q-1/t22-/m0/s1. The maximum Gasteiger partial charge on any atom is 0.408 e. The number of aliphatic carboxylic acids is 1. The van der Waals surface area contributed by atoms with E-state index in [-0.39, 0.29) is 24.2 Å². The molecule has 10 nitrogen and oxygen atoms in total. The SMILES string of the molecule is CC(C)C(=[N-])NC(=O)N1CCC(CCCOc2ccc(C[C@H](NC(=O)OC(C)(C)C)C(=O)O)cc2)CC1. The Hall–Kier alpha value is -3.30. The van der Waals surface area contributed by atoms with Crippen molar-refractivity contribution >= 4 is 23.9 Å². The molecule has 1 aliphatic rings. The third kappa shape index (κ3) is 11.1. The summed E-state index contributed by atoms with van der Waals surface area (Å²) in [5.41, 5.74) is 0.0440. The summed E-state index contributed by atoms with van der Waals surface area (Å²) in [7, 11) is 0. The molecule has 0 aromatic heterocycles. The number of ether oxygens (including phenoxy) is 2. The van der Waals surface area contributed by atoms with Gasteiger partial charge in [-0.3, -0.25) is 4.79 Å². The predicted molar refractivity (Wildman–Crippen MR) is 142 cm³/mol. The van der Waals surface area contributed by atoms with Gasteiger partial charge in [-0.25, -0.2) is 9.59 Å². The van der Waals surface area contributed by atoms with Gasteiger partial charge in [0.05, 0.1) is 6.61 Å². The van der Waals surface area contributed by atoms with Crippen molar-refractivity contribution in [3.8, 4) is 5.75 Å². The molecule has 1 aromatic carbocycles. The average Bonchev–Trinajstić information content (AvgIpc) is 2.81. The summed E-state index contributed by atoms with van der Waals surface area (Å²) in [6.45, 7) is 10.7. The van der Waals surface area contributed by atoms with Crippen LogP contribution >= 0.6 is 0 Å². The van der Waals surface area contributed by atoms with Crippen molar-refractivity contribution in [3.05, 3.63) is 35.2 Å². The molecule has 1 aromatic rings. The van der Waals surface area contributed by atoms with Crippen LogP contribution in [0, 0.1) is 11.8 Å². The second kappa shape index (κ2) is 13.9. The Labute approximate surface area is 219 Å². The second-order valence-electron chi connectivity index (χ2n) is 10.8. The second-order valence-corrected chi connectivity index (χ2v) is 10.8. The minimum absolute atomic E-state index is 0.00326. The Morgan fingerprint density at radius 2 is 1.76 bits per heavy atom. The van der Waals surface area contributed by atoms with Crippen LogP contribution in [0.25, 0.3) is 5.41 Å². The van der Waals surface area contributed by atoms with Crippen LogP contribution in [0.2, 0.25) is 0 Å². The molecule has 0 unspecified atom stereocenters. The molecule has 206 valence electrons. The molecule has 1 aliphatic heterocycles. The monoisotopic (exact) mass is 517 g/mol. The van der Waals surface area contributed by atoms with Gasteiger partial charge in [-0.05, 0) is 76.0 Å². The van der Waals surface area contributed by atoms with Crippen molar-refractivity contribution in [1.29, 1.82) is 0 Å². The van der Waals surface area contributed by atoms with Crippen molar-refractivity contribution in [2.45, 2.75) is 78.4 Å². The van der Waals surface area contributed by atoms with Crippen LogP contribution in [-0.2, 0) is 16.0 Å². The Morgan fingerprint density at radius 1 is 1.14 bits per heavy atom. The van der Waals surface area contributed by atoms with E-state index in [1.54, 1.807) is 49.9 Å². The molecule has 0 bridgehead atoms. The summed E-state index contributed by atoms with van der Waals surface area (Å²) in [4.78, 5) is 37.5. The molecular weight excluding hydrogens is 476 g/mol. The van der Waals surface area contributed by atoms with Gasteiger partial charge in [0.1, 0.15) is 17.4 Å². The van der Waals surface area contributed by atoms with Gasteiger partial charge in [0.25, 0.3) is 0 Å². The molecule has 0 aliphatic carbocycles. The van der Waals surface area contributed by atoms with E-state index in [1.807, 2.05) is 13.8 Å². The third-order valence-electron chi connectivity index (χ3n) is 6.06. The first-order valence-electron chi connectivity index (χ1n) is 12.9. The maximum atomic E-state index is 12.2. The number of carbonyl (C=O) groups excluding carboxylic acids is 2. The zero-order valence-corrected chi connectivity index (χ0v) is 22.6. The van der Waals surface area contributed by atoms with E-state index in [9.17, 15) is 24.9 Å². The van der Waals surface area contributed by atoms with Crippen LogP contribution in [0.15, 0.2) is 24.3 Å². The fourth-order valence-corrected chi connectivity index (χ4v) is 3.93. The highest BCUT2D eigenvalue weighted by Crippen LogP contribution is 2.22. The van der Waals surface area contributed by atoms with E-state index in [0.717, 1.165) is 31.2 Å². The molecule has 1 fully saturated rings. The van der Waals surface area contributed by atoms with E-state index < -0.39 is 23.7 Å². The summed E-state index contributed by atoms with van der Waals surface area (Å²) >= 11 is 0. The summed E-state index contributed by atoms with van der Waals surface area (Å²) < 4.78 is 11.0. The Balaban J connectivity index is 1.69. The summed E-state index contributed by atoms with van der Waals surface area (Å²) in [5.74, 6) is -0.0202. The van der Waals surface area contributed by atoms with Crippen LogP contribution < -0.4 is 15.4 Å². The van der Waals surface area contributed by atoms with E-state index in [2.05, 4.69) is 10.6 Å². The van der Waals surface area contributed by atoms with E-state index in [1.165, 1.54) is 0 Å². The topological polar surface area (TPSA) is 140 Å². The van der Waals surface area contributed by atoms with Crippen LogP contribution in [0.4, 0.5) is 9.59 Å². The van der Waals surface area contributed by atoms with Crippen LogP contribution in [0.1, 0.15) is 65.9 Å². The first-order valence-corrected chi connectivity index (χ1v) is 12.9. The van der Waals surface area contributed by atoms with Crippen molar-refractivity contribution in [1.82, 2.24) is 15.5 Å². The zero-order valence-electron chi connectivity index (χ0n) is 22.6. The highest BCUT2D eigenvalue weighted by atomic mass is 16.6. The molecule has 37 heavy (non-hydrogen) atoms. The first kappa shape index (κ1) is 29.9. The zero-order chi connectivity index (χ0) is 27.6. The lowest BCUT2D eigenvalue weighted by Crippen LogP contribution is -2.47. The number of likely N-dealkylation sites (tertiary alicyclic amines) is 1. The Bertz CT molecular complexity index is 918. The first-order chi connectivity index (χ1) is 17.3. The lowest BCUT2D eigenvalue weighted by Gasteiger charge is -2.35. The van der Waals surface area contributed by atoms with E-state index in [0.29, 0.717) is 31.4 Å². The minimum atomic E-state index is -1.13. The van der Waals surface area contributed by atoms with Gasteiger partial charge >= 0.3 is 12.1 Å². The van der Waals surface area contributed by atoms with Crippen molar-refractivity contribution in [2.75, 3.05) is 19.7 Å². The summed E-state index contributed by atoms with van der Waals surface area (Å²) in [6.07, 6.45) is 3.10. The van der Waals surface area contributed by atoms with Crippen molar-refractivity contribution in [2.24, 2.45) is 11.8 Å². The molecule has 10 heteroatoms. The van der Waals surface area contributed by atoms with Crippen LogP contribution in [0.3, 0.4) is 0 Å². The number of amidine groups is 1. The van der Waals surface area contributed by atoms with Gasteiger partial charge in [-0.15, -0.1) is 0 Å². The van der Waals surface area contributed by atoms with Gasteiger partial charge in [-0.1, -0.05) is 31.8 Å². The molecule has 0 radical (unpaired) electrons. The molecule has 0 spiro atoms. The van der Waals surface area contributed by atoms with Gasteiger partial charge in [-0.2, -0.15) is 0 Å². The summed E-state index contributed by atoms with van der Waals surface area (Å²) in [6, 6.07) is 5.82. The summed E-state index contributed by atoms with van der Waals surface area (Å²) in [5, 5.41) is 24.2. The highest BCUT2D eigenvalue weighted by Gasteiger charge is 2.24. The number of amides is 3. The Kier molecular flexibility index (Phi) is 11.2. The number of hydrogen-bond acceptors (Lipinski definition) is 5. The van der Waals surface area contributed by atoms with Gasteiger partial charge in [0.15, 0.2) is 0 Å². The maximum absolute atomic E-state index is 12.2. The van der Waals surface area contributed by atoms with Crippen molar-refractivity contribution in [3.63, 3.8) is 0 Å². The lowest BCUT2D eigenvalue weighted by molar-refractivity contribution is -0.139. The number of carboxylic acids is 1. The number of alkyl carbamates (subject to hydrolysis) is 1. The predicted octanol–water partition coefficient (Wildman–Crippen LogP) is 4.41.